The smallest absolute Gasteiger partial charge is 0.224 e. The predicted octanol–water partition coefficient (Wildman–Crippen LogP) is 4.33. The van der Waals surface area contributed by atoms with Gasteiger partial charge >= 0.3 is 0 Å². The molecule has 1 aromatic carbocycles. The van der Waals surface area contributed by atoms with E-state index in [1.807, 2.05) is 24.6 Å². The van der Waals surface area contributed by atoms with Crippen LogP contribution in [-0.2, 0) is 11.2 Å². The predicted molar refractivity (Wildman–Crippen MR) is 115 cm³/mol. The molecule has 0 aliphatic carbocycles. The minimum absolute atomic E-state index is 0.0582. The van der Waals surface area contributed by atoms with Crippen LogP contribution in [-0.4, -0.2) is 45.8 Å². The summed E-state index contributed by atoms with van der Waals surface area (Å²) >= 11 is 12.2. The number of hydrogen-bond acceptors (Lipinski definition) is 3. The van der Waals surface area contributed by atoms with Gasteiger partial charge in [-0.2, -0.15) is 5.10 Å². The topological polar surface area (TPSA) is 50.2 Å². The van der Waals surface area contributed by atoms with E-state index >= 15 is 0 Å². The highest BCUT2D eigenvalue weighted by molar-refractivity contribution is 6.42. The summed E-state index contributed by atoms with van der Waals surface area (Å²) in [6, 6.07) is 6.24. The van der Waals surface area contributed by atoms with Crippen LogP contribution in [0.5, 0.6) is 0 Å². The summed E-state index contributed by atoms with van der Waals surface area (Å²) in [6.07, 6.45) is 2.35. The van der Waals surface area contributed by atoms with Crippen molar-refractivity contribution < 1.29 is 4.79 Å². The molecule has 1 aromatic heterocycles. The van der Waals surface area contributed by atoms with Crippen LogP contribution in [0.25, 0.3) is 5.69 Å². The average Bonchev–Trinajstić information content (AvgIpc) is 2.92. The van der Waals surface area contributed by atoms with Gasteiger partial charge in [0.25, 0.3) is 0 Å². The molecule has 1 amide bonds. The van der Waals surface area contributed by atoms with Crippen molar-refractivity contribution in [3.63, 3.8) is 0 Å². The summed E-state index contributed by atoms with van der Waals surface area (Å²) < 4.78 is 1.82. The van der Waals surface area contributed by atoms with Crippen molar-refractivity contribution in [2.24, 2.45) is 0 Å². The van der Waals surface area contributed by atoms with Crippen molar-refractivity contribution in [2.75, 3.05) is 13.1 Å². The summed E-state index contributed by atoms with van der Waals surface area (Å²) in [6.45, 7) is 10.4. The molecule has 2 aromatic rings. The number of aromatic nitrogens is 2. The van der Waals surface area contributed by atoms with E-state index in [1.54, 1.807) is 12.1 Å². The van der Waals surface area contributed by atoms with Crippen LogP contribution in [0, 0.1) is 13.8 Å². The maximum Gasteiger partial charge on any atom is 0.224 e. The Bertz CT molecular complexity index is 854. The van der Waals surface area contributed by atoms with Crippen molar-refractivity contribution in [1.82, 2.24) is 20.0 Å². The minimum Gasteiger partial charge on any atom is -0.353 e. The molecule has 1 aliphatic heterocycles. The molecule has 1 fully saturated rings. The highest BCUT2D eigenvalue weighted by Crippen LogP contribution is 2.26. The number of likely N-dealkylation sites (tertiary alicyclic amines) is 1. The fourth-order valence-corrected chi connectivity index (χ4v) is 4.09. The Morgan fingerprint density at radius 1 is 1.21 bits per heavy atom. The quantitative estimate of drug-likeness (QED) is 0.779. The highest BCUT2D eigenvalue weighted by Gasteiger charge is 2.23. The molecule has 0 bridgehead atoms. The van der Waals surface area contributed by atoms with Gasteiger partial charge in [0, 0.05) is 36.4 Å². The van der Waals surface area contributed by atoms with Crippen LogP contribution in [0.1, 0.15) is 43.6 Å². The molecule has 7 heteroatoms. The first-order chi connectivity index (χ1) is 13.3. The maximum absolute atomic E-state index is 12.6. The number of amides is 1. The lowest BCUT2D eigenvalue weighted by Gasteiger charge is -2.34. The fraction of sp³-hybridized carbons (Fsp3) is 0.524. The molecule has 0 radical (unpaired) electrons. The van der Waals surface area contributed by atoms with Gasteiger partial charge in [-0.3, -0.25) is 4.79 Å². The molecule has 1 N–H and O–H groups in total. The number of aryl methyl sites for hydroxylation is 1. The second-order valence-corrected chi connectivity index (χ2v) is 8.62. The van der Waals surface area contributed by atoms with Gasteiger partial charge in [-0.1, -0.05) is 23.2 Å². The van der Waals surface area contributed by atoms with Crippen molar-refractivity contribution in [3.8, 4) is 5.69 Å². The lowest BCUT2D eigenvalue weighted by Crippen LogP contribution is -2.47. The van der Waals surface area contributed by atoms with Crippen molar-refractivity contribution in [1.29, 1.82) is 0 Å². The van der Waals surface area contributed by atoms with Gasteiger partial charge < -0.3 is 10.2 Å². The number of carbonyl (C=O) groups is 1. The second-order valence-electron chi connectivity index (χ2n) is 7.81. The van der Waals surface area contributed by atoms with Gasteiger partial charge in [0.2, 0.25) is 5.91 Å². The number of benzene rings is 1. The van der Waals surface area contributed by atoms with Crippen LogP contribution in [0.15, 0.2) is 18.2 Å². The van der Waals surface area contributed by atoms with E-state index in [2.05, 4.69) is 29.2 Å². The zero-order valence-electron chi connectivity index (χ0n) is 16.9. The van der Waals surface area contributed by atoms with Crippen LogP contribution in [0.4, 0.5) is 0 Å². The lowest BCUT2D eigenvalue weighted by molar-refractivity contribution is -0.121. The third-order valence-electron chi connectivity index (χ3n) is 5.55. The lowest BCUT2D eigenvalue weighted by atomic mass is 10.0. The number of hydrogen-bond donors (Lipinski definition) is 1. The molecule has 0 saturated carbocycles. The van der Waals surface area contributed by atoms with Gasteiger partial charge in [0.1, 0.15) is 0 Å². The Morgan fingerprint density at radius 2 is 1.89 bits per heavy atom. The number of piperidine rings is 1. The summed E-state index contributed by atoms with van der Waals surface area (Å²) in [5.41, 5.74) is 3.60. The van der Waals surface area contributed by atoms with Gasteiger partial charge in [-0.05, 0) is 58.7 Å². The second kappa shape index (κ2) is 8.85. The van der Waals surface area contributed by atoms with Crippen molar-refractivity contribution >= 4 is 29.1 Å². The van der Waals surface area contributed by atoms with Gasteiger partial charge in [0.05, 0.1) is 27.8 Å². The SMILES string of the molecule is Cc1nn(-c2ccc(Cl)c(Cl)c2)c(C)c1CC(=O)NC1CCN(C(C)C)CC1. The first kappa shape index (κ1) is 21.2. The van der Waals surface area contributed by atoms with E-state index in [4.69, 9.17) is 23.2 Å². The van der Waals surface area contributed by atoms with E-state index < -0.39 is 0 Å². The largest absolute Gasteiger partial charge is 0.353 e. The fourth-order valence-electron chi connectivity index (χ4n) is 3.80. The van der Waals surface area contributed by atoms with E-state index in [-0.39, 0.29) is 11.9 Å². The van der Waals surface area contributed by atoms with Gasteiger partial charge in [0.15, 0.2) is 0 Å². The minimum atomic E-state index is 0.0582. The molecule has 1 saturated heterocycles. The molecule has 0 spiro atoms. The van der Waals surface area contributed by atoms with Crippen LogP contribution >= 0.6 is 23.2 Å². The molecule has 28 heavy (non-hydrogen) atoms. The monoisotopic (exact) mass is 422 g/mol. The third-order valence-corrected chi connectivity index (χ3v) is 6.29. The first-order valence-electron chi connectivity index (χ1n) is 9.80. The van der Waals surface area contributed by atoms with Gasteiger partial charge in [-0.25, -0.2) is 4.68 Å². The Kier molecular flexibility index (Phi) is 6.69. The van der Waals surface area contributed by atoms with E-state index in [9.17, 15) is 4.79 Å². The number of rotatable bonds is 5. The van der Waals surface area contributed by atoms with Crippen molar-refractivity contribution in [2.45, 2.75) is 59.0 Å². The standard InChI is InChI=1S/C21H28Cl2N4O/c1-13(2)26-9-7-16(8-10-26)24-21(28)12-18-14(3)25-27(15(18)4)17-5-6-19(22)20(23)11-17/h5-6,11,13,16H,7-10,12H2,1-4H3,(H,24,28). The number of nitrogens with zero attached hydrogens (tertiary/aromatic N) is 3. The molecule has 3 rings (SSSR count). The molecule has 1 aliphatic rings. The molecule has 0 unspecified atom stereocenters. The number of nitrogens with one attached hydrogen (secondary N) is 1. The van der Waals surface area contributed by atoms with Gasteiger partial charge in [-0.15, -0.1) is 0 Å². The summed E-state index contributed by atoms with van der Waals surface area (Å²) in [4.78, 5) is 15.1. The summed E-state index contributed by atoms with van der Waals surface area (Å²) in [7, 11) is 0. The van der Waals surface area contributed by atoms with E-state index in [1.165, 1.54) is 0 Å². The zero-order valence-corrected chi connectivity index (χ0v) is 18.4. The molecule has 152 valence electrons. The zero-order chi connectivity index (χ0) is 20.4. The Morgan fingerprint density at radius 3 is 2.50 bits per heavy atom. The van der Waals surface area contributed by atoms with Crippen LogP contribution in [0.3, 0.4) is 0 Å². The van der Waals surface area contributed by atoms with Crippen molar-refractivity contribution in [3.05, 3.63) is 45.2 Å². The maximum atomic E-state index is 12.6. The number of carbonyl (C=O) groups excluding carboxylic acids is 1. The summed E-state index contributed by atoms with van der Waals surface area (Å²) in [5, 5.41) is 8.81. The Labute approximate surface area is 177 Å². The number of halogens is 2. The highest BCUT2D eigenvalue weighted by atomic mass is 35.5. The summed E-state index contributed by atoms with van der Waals surface area (Å²) in [5.74, 6) is 0.0582. The average molecular weight is 423 g/mol. The molecular formula is C21H28Cl2N4O. The Balaban J connectivity index is 1.67. The first-order valence-corrected chi connectivity index (χ1v) is 10.6. The van der Waals surface area contributed by atoms with E-state index in [0.717, 1.165) is 48.6 Å². The van der Waals surface area contributed by atoms with E-state index in [0.29, 0.717) is 22.5 Å². The molecular weight excluding hydrogens is 395 g/mol. The third kappa shape index (κ3) is 4.70. The molecule has 2 heterocycles. The normalized spacial score (nSPS) is 16.0. The van der Waals surface area contributed by atoms with Crippen LogP contribution in [0.2, 0.25) is 10.0 Å². The van der Waals surface area contributed by atoms with Crippen LogP contribution < -0.4 is 5.32 Å². The Hall–Kier alpha value is -1.56. The molecule has 5 nitrogen and oxygen atoms in total. The molecule has 0 atom stereocenters.